The van der Waals surface area contributed by atoms with Crippen LogP contribution >= 0.6 is 15.9 Å². The van der Waals surface area contributed by atoms with Crippen molar-refractivity contribution in [3.05, 3.63) is 34.1 Å². The third kappa shape index (κ3) is 2.65. The van der Waals surface area contributed by atoms with Gasteiger partial charge in [0.2, 0.25) is 11.8 Å². The Kier molecular flexibility index (Phi) is 3.66. The standard InChI is InChI=1S/C12H10BrFN2O3/c1-6-11(18)15-10(17)5-16(6)12(19)7-2-3-8(13)9(14)4-7/h2-4,6H,5H2,1H3,(H,15,17,18). The summed E-state index contributed by atoms with van der Waals surface area (Å²) in [5, 5.41) is 2.13. The molecule has 0 radical (unpaired) electrons. The fourth-order valence-corrected chi connectivity index (χ4v) is 2.00. The molecule has 0 bridgehead atoms. The molecule has 2 rings (SSSR count). The van der Waals surface area contributed by atoms with Crippen molar-refractivity contribution in [2.24, 2.45) is 0 Å². The van der Waals surface area contributed by atoms with Gasteiger partial charge in [0.15, 0.2) is 0 Å². The third-order valence-corrected chi connectivity index (χ3v) is 3.49. The number of imide groups is 1. The second-order valence-corrected chi connectivity index (χ2v) is 5.00. The molecule has 7 heteroatoms. The Bertz CT molecular complexity index is 576. The van der Waals surface area contributed by atoms with Crippen molar-refractivity contribution in [3.8, 4) is 0 Å². The van der Waals surface area contributed by atoms with Gasteiger partial charge in [-0.2, -0.15) is 0 Å². The number of benzene rings is 1. The third-order valence-electron chi connectivity index (χ3n) is 2.85. The van der Waals surface area contributed by atoms with Crippen molar-refractivity contribution < 1.29 is 18.8 Å². The highest BCUT2D eigenvalue weighted by Crippen LogP contribution is 2.18. The summed E-state index contributed by atoms with van der Waals surface area (Å²) in [7, 11) is 0. The summed E-state index contributed by atoms with van der Waals surface area (Å²) in [6, 6.07) is 3.13. The van der Waals surface area contributed by atoms with E-state index in [-0.39, 0.29) is 16.6 Å². The maximum atomic E-state index is 13.4. The molecule has 0 aliphatic carbocycles. The number of amides is 3. The largest absolute Gasteiger partial charge is 0.318 e. The minimum Gasteiger partial charge on any atom is -0.318 e. The molecule has 0 aromatic heterocycles. The lowest BCUT2D eigenvalue weighted by atomic mass is 10.1. The molecule has 1 N–H and O–H groups in total. The van der Waals surface area contributed by atoms with Crippen LogP contribution in [0.4, 0.5) is 4.39 Å². The summed E-state index contributed by atoms with van der Waals surface area (Å²) < 4.78 is 13.6. The molecule has 0 saturated carbocycles. The van der Waals surface area contributed by atoms with Crippen molar-refractivity contribution in [2.45, 2.75) is 13.0 Å². The molecule has 1 fully saturated rings. The van der Waals surface area contributed by atoms with E-state index < -0.39 is 29.6 Å². The molecule has 1 atom stereocenters. The Labute approximate surface area is 116 Å². The van der Waals surface area contributed by atoms with Gasteiger partial charge in [-0.1, -0.05) is 0 Å². The first-order chi connectivity index (χ1) is 8.90. The molecule has 1 aromatic rings. The van der Waals surface area contributed by atoms with Gasteiger partial charge in [-0.15, -0.1) is 0 Å². The highest BCUT2D eigenvalue weighted by atomic mass is 79.9. The van der Waals surface area contributed by atoms with E-state index in [1.54, 1.807) is 0 Å². The van der Waals surface area contributed by atoms with Gasteiger partial charge in [0.1, 0.15) is 18.4 Å². The average Bonchev–Trinajstić information content (AvgIpc) is 2.36. The molecule has 1 heterocycles. The molecule has 100 valence electrons. The number of piperazine rings is 1. The fourth-order valence-electron chi connectivity index (χ4n) is 1.76. The summed E-state index contributed by atoms with van der Waals surface area (Å²) in [6.45, 7) is 1.29. The Morgan fingerprint density at radius 3 is 2.79 bits per heavy atom. The average molecular weight is 329 g/mol. The first kappa shape index (κ1) is 13.7. The number of carbonyl (C=O) groups is 3. The Hall–Kier alpha value is -1.76. The normalized spacial score (nSPS) is 19.3. The Morgan fingerprint density at radius 1 is 1.47 bits per heavy atom. The second kappa shape index (κ2) is 5.08. The summed E-state index contributed by atoms with van der Waals surface area (Å²) in [5.74, 6) is -2.22. The van der Waals surface area contributed by atoms with Crippen LogP contribution < -0.4 is 5.32 Å². The molecule has 3 amide bonds. The van der Waals surface area contributed by atoms with Crippen LogP contribution in [0, 0.1) is 5.82 Å². The van der Waals surface area contributed by atoms with Crippen molar-refractivity contribution in [3.63, 3.8) is 0 Å². The molecule has 0 spiro atoms. The number of nitrogens with zero attached hydrogens (tertiary/aromatic N) is 1. The number of rotatable bonds is 1. The summed E-state index contributed by atoms with van der Waals surface area (Å²) >= 11 is 2.99. The van der Waals surface area contributed by atoms with Crippen LogP contribution in [0.15, 0.2) is 22.7 Å². The van der Waals surface area contributed by atoms with Crippen molar-refractivity contribution in [1.29, 1.82) is 0 Å². The smallest absolute Gasteiger partial charge is 0.255 e. The van der Waals surface area contributed by atoms with E-state index in [0.29, 0.717) is 0 Å². The topological polar surface area (TPSA) is 66.5 Å². The predicted molar refractivity (Wildman–Crippen MR) is 67.7 cm³/mol. The lowest BCUT2D eigenvalue weighted by Crippen LogP contribution is -2.58. The van der Waals surface area contributed by atoms with E-state index in [4.69, 9.17) is 0 Å². The van der Waals surface area contributed by atoms with E-state index in [0.717, 1.165) is 11.0 Å². The van der Waals surface area contributed by atoms with Crippen molar-refractivity contribution in [1.82, 2.24) is 10.2 Å². The number of nitrogens with one attached hydrogen (secondary N) is 1. The summed E-state index contributed by atoms with van der Waals surface area (Å²) in [4.78, 5) is 36.0. The van der Waals surface area contributed by atoms with E-state index in [1.807, 2.05) is 0 Å². The summed E-state index contributed by atoms with van der Waals surface area (Å²) in [5.41, 5.74) is 0.0926. The van der Waals surface area contributed by atoms with Gasteiger partial charge >= 0.3 is 0 Å². The number of hydrogen-bond acceptors (Lipinski definition) is 3. The lowest BCUT2D eigenvalue weighted by molar-refractivity contribution is -0.138. The molecule has 1 saturated heterocycles. The van der Waals surface area contributed by atoms with Gasteiger partial charge in [0.05, 0.1) is 4.47 Å². The molecule has 19 heavy (non-hydrogen) atoms. The number of hydrogen-bond donors (Lipinski definition) is 1. The van der Waals surface area contributed by atoms with Crippen LogP contribution in [0.3, 0.4) is 0 Å². The van der Waals surface area contributed by atoms with E-state index in [9.17, 15) is 18.8 Å². The molecule has 1 aliphatic heterocycles. The van der Waals surface area contributed by atoms with Crippen LogP contribution in [0.2, 0.25) is 0 Å². The quantitative estimate of drug-likeness (QED) is 0.784. The van der Waals surface area contributed by atoms with E-state index >= 15 is 0 Å². The first-order valence-electron chi connectivity index (χ1n) is 5.50. The maximum absolute atomic E-state index is 13.4. The van der Waals surface area contributed by atoms with Gasteiger partial charge in [0.25, 0.3) is 5.91 Å². The highest BCUT2D eigenvalue weighted by Gasteiger charge is 2.34. The zero-order valence-electron chi connectivity index (χ0n) is 9.94. The van der Waals surface area contributed by atoms with Gasteiger partial charge in [0, 0.05) is 5.56 Å². The Morgan fingerprint density at radius 2 is 2.16 bits per heavy atom. The van der Waals surface area contributed by atoms with Crippen LogP contribution in [-0.2, 0) is 9.59 Å². The zero-order valence-corrected chi connectivity index (χ0v) is 11.5. The molecular formula is C12H10BrFN2O3. The molecule has 1 aromatic carbocycles. The minimum absolute atomic E-state index is 0.0926. The van der Waals surface area contributed by atoms with Gasteiger partial charge in [-0.3, -0.25) is 19.7 Å². The SMILES string of the molecule is CC1C(=O)NC(=O)CN1C(=O)c1ccc(Br)c(F)c1. The van der Waals surface area contributed by atoms with Gasteiger partial charge < -0.3 is 4.90 Å². The van der Waals surface area contributed by atoms with Gasteiger partial charge in [-0.05, 0) is 41.1 Å². The van der Waals surface area contributed by atoms with E-state index in [1.165, 1.54) is 19.1 Å². The summed E-state index contributed by atoms with van der Waals surface area (Å²) in [6.07, 6.45) is 0. The lowest BCUT2D eigenvalue weighted by Gasteiger charge is -2.31. The first-order valence-corrected chi connectivity index (χ1v) is 6.29. The molecule has 1 aliphatic rings. The molecular weight excluding hydrogens is 319 g/mol. The zero-order chi connectivity index (χ0) is 14.2. The van der Waals surface area contributed by atoms with Crippen LogP contribution in [-0.4, -0.2) is 35.2 Å². The highest BCUT2D eigenvalue weighted by molar-refractivity contribution is 9.10. The number of carbonyl (C=O) groups excluding carboxylic acids is 3. The molecule has 1 unspecified atom stereocenters. The maximum Gasteiger partial charge on any atom is 0.255 e. The monoisotopic (exact) mass is 328 g/mol. The second-order valence-electron chi connectivity index (χ2n) is 4.15. The minimum atomic E-state index is -0.767. The molecule has 5 nitrogen and oxygen atoms in total. The predicted octanol–water partition coefficient (Wildman–Crippen LogP) is 1.08. The number of halogens is 2. The van der Waals surface area contributed by atoms with Crippen molar-refractivity contribution >= 4 is 33.7 Å². The van der Waals surface area contributed by atoms with Gasteiger partial charge in [-0.25, -0.2) is 4.39 Å². The van der Waals surface area contributed by atoms with E-state index in [2.05, 4.69) is 21.2 Å². The van der Waals surface area contributed by atoms with Crippen molar-refractivity contribution in [2.75, 3.05) is 6.54 Å². The van der Waals surface area contributed by atoms with Crippen LogP contribution in [0.5, 0.6) is 0 Å². The van der Waals surface area contributed by atoms with Crippen LogP contribution in [0.1, 0.15) is 17.3 Å². The Balaban J connectivity index is 2.29. The van der Waals surface area contributed by atoms with Crippen LogP contribution in [0.25, 0.3) is 0 Å². The fraction of sp³-hybridized carbons (Fsp3) is 0.250.